The van der Waals surface area contributed by atoms with E-state index >= 15 is 0 Å². The summed E-state index contributed by atoms with van der Waals surface area (Å²) in [4.78, 5) is 30.0. The molecule has 0 unspecified atom stereocenters. The van der Waals surface area contributed by atoms with Gasteiger partial charge in [-0.1, -0.05) is 11.6 Å². The van der Waals surface area contributed by atoms with Gasteiger partial charge in [0.05, 0.1) is 12.4 Å². The molecule has 86 valence electrons. The molecule has 17 heavy (non-hydrogen) atoms. The van der Waals surface area contributed by atoms with Gasteiger partial charge >= 0.3 is 0 Å². The maximum absolute atomic E-state index is 11.6. The molecule has 0 saturated carbocycles. The van der Waals surface area contributed by atoms with E-state index in [4.69, 9.17) is 11.6 Å². The van der Waals surface area contributed by atoms with Crippen LogP contribution in [-0.2, 0) is 0 Å². The SMILES string of the molecule is O=C(Nc1cnc(Cl)cn1)c1ccc(=O)[nH]n1. The largest absolute Gasteiger partial charge is 0.304 e. The van der Waals surface area contributed by atoms with Crippen LogP contribution in [0.5, 0.6) is 0 Å². The second-order valence-corrected chi connectivity index (χ2v) is 3.37. The number of nitrogens with one attached hydrogen (secondary N) is 2. The topological polar surface area (TPSA) is 101 Å². The van der Waals surface area contributed by atoms with Crippen molar-refractivity contribution in [3.8, 4) is 0 Å². The highest BCUT2D eigenvalue weighted by atomic mass is 35.5. The Kier molecular flexibility index (Phi) is 3.10. The first kappa shape index (κ1) is 11.2. The van der Waals surface area contributed by atoms with E-state index in [0.29, 0.717) is 0 Å². The molecule has 1 amide bonds. The van der Waals surface area contributed by atoms with Crippen molar-refractivity contribution < 1.29 is 4.79 Å². The molecule has 0 aliphatic heterocycles. The number of anilines is 1. The Balaban J connectivity index is 2.14. The first-order valence-corrected chi connectivity index (χ1v) is 4.87. The number of aromatic nitrogens is 4. The molecular weight excluding hydrogens is 246 g/mol. The van der Waals surface area contributed by atoms with Crippen LogP contribution in [0.1, 0.15) is 10.5 Å². The minimum Gasteiger partial charge on any atom is -0.304 e. The average Bonchev–Trinajstić information content (AvgIpc) is 2.33. The van der Waals surface area contributed by atoms with Crippen molar-refractivity contribution in [2.75, 3.05) is 5.32 Å². The van der Waals surface area contributed by atoms with Crippen LogP contribution in [0.15, 0.2) is 29.3 Å². The molecule has 0 spiro atoms. The number of hydrogen-bond acceptors (Lipinski definition) is 5. The van der Waals surface area contributed by atoms with Gasteiger partial charge in [-0.3, -0.25) is 9.59 Å². The number of carbonyl (C=O) groups excluding carboxylic acids is 1. The molecule has 0 radical (unpaired) electrons. The molecular formula is C9H6ClN5O2. The van der Waals surface area contributed by atoms with E-state index in [-0.39, 0.29) is 22.2 Å². The van der Waals surface area contributed by atoms with E-state index in [9.17, 15) is 9.59 Å². The minimum atomic E-state index is -0.502. The van der Waals surface area contributed by atoms with Crippen molar-refractivity contribution >= 4 is 23.3 Å². The molecule has 0 aliphatic carbocycles. The van der Waals surface area contributed by atoms with Gasteiger partial charge in [-0.2, -0.15) is 5.10 Å². The molecule has 0 fully saturated rings. The number of aromatic amines is 1. The zero-order valence-corrected chi connectivity index (χ0v) is 9.10. The Labute approximate surface area is 99.9 Å². The van der Waals surface area contributed by atoms with Gasteiger partial charge in [0.25, 0.3) is 11.5 Å². The zero-order valence-electron chi connectivity index (χ0n) is 8.35. The summed E-state index contributed by atoms with van der Waals surface area (Å²) >= 11 is 5.54. The number of carbonyl (C=O) groups is 1. The van der Waals surface area contributed by atoms with Crippen LogP contribution in [0.3, 0.4) is 0 Å². The molecule has 2 N–H and O–H groups in total. The molecule has 2 aromatic rings. The predicted molar refractivity (Wildman–Crippen MR) is 59.9 cm³/mol. The number of halogens is 1. The number of hydrogen-bond donors (Lipinski definition) is 2. The lowest BCUT2D eigenvalue weighted by Crippen LogP contribution is -2.18. The van der Waals surface area contributed by atoms with Gasteiger partial charge in [-0.25, -0.2) is 15.1 Å². The molecule has 0 aliphatic rings. The third-order valence-corrected chi connectivity index (χ3v) is 1.97. The summed E-state index contributed by atoms with van der Waals surface area (Å²) in [5, 5.41) is 8.40. The van der Waals surface area contributed by atoms with Crippen LogP contribution >= 0.6 is 11.6 Å². The molecule has 7 nitrogen and oxygen atoms in total. The van der Waals surface area contributed by atoms with Crippen LogP contribution in [0.25, 0.3) is 0 Å². The van der Waals surface area contributed by atoms with Crippen LogP contribution in [0.4, 0.5) is 5.82 Å². The Bertz CT molecular complexity index is 575. The van der Waals surface area contributed by atoms with Gasteiger partial charge in [0.2, 0.25) is 0 Å². The van der Waals surface area contributed by atoms with Crippen LogP contribution < -0.4 is 10.9 Å². The molecule has 2 aromatic heterocycles. The summed E-state index contributed by atoms with van der Waals surface area (Å²) in [6.07, 6.45) is 2.61. The van der Waals surface area contributed by atoms with Crippen LogP contribution in [-0.4, -0.2) is 26.1 Å². The molecule has 0 atom stereocenters. The summed E-state index contributed by atoms with van der Waals surface area (Å²) < 4.78 is 0. The van der Waals surface area contributed by atoms with Crippen molar-refractivity contribution in [2.45, 2.75) is 0 Å². The predicted octanol–water partition coefficient (Wildman–Crippen LogP) is 0.466. The van der Waals surface area contributed by atoms with E-state index in [2.05, 4.69) is 25.5 Å². The minimum absolute atomic E-state index is 0.0707. The first-order chi connectivity index (χ1) is 8.15. The molecule has 0 aromatic carbocycles. The lowest BCUT2D eigenvalue weighted by molar-refractivity contribution is 0.102. The van der Waals surface area contributed by atoms with Crippen molar-refractivity contribution in [1.29, 1.82) is 0 Å². The number of amides is 1. The van der Waals surface area contributed by atoms with Crippen molar-refractivity contribution in [3.63, 3.8) is 0 Å². The quantitative estimate of drug-likeness (QED) is 0.808. The fourth-order valence-corrected chi connectivity index (χ4v) is 1.13. The number of H-pyrrole nitrogens is 1. The molecule has 2 rings (SSSR count). The lowest BCUT2D eigenvalue weighted by Gasteiger charge is -2.02. The van der Waals surface area contributed by atoms with Gasteiger partial charge in [0.1, 0.15) is 10.8 Å². The lowest BCUT2D eigenvalue weighted by atomic mass is 10.3. The molecule has 0 saturated heterocycles. The second-order valence-electron chi connectivity index (χ2n) is 2.98. The van der Waals surface area contributed by atoms with E-state index in [1.54, 1.807) is 0 Å². The maximum atomic E-state index is 11.6. The molecule has 0 bridgehead atoms. The van der Waals surface area contributed by atoms with Crippen LogP contribution in [0, 0.1) is 0 Å². The van der Waals surface area contributed by atoms with E-state index < -0.39 is 5.91 Å². The monoisotopic (exact) mass is 251 g/mol. The summed E-state index contributed by atoms with van der Waals surface area (Å²) in [6.45, 7) is 0. The Morgan fingerprint density at radius 3 is 2.71 bits per heavy atom. The third kappa shape index (κ3) is 2.85. The zero-order chi connectivity index (χ0) is 12.3. The first-order valence-electron chi connectivity index (χ1n) is 4.50. The van der Waals surface area contributed by atoms with E-state index in [0.717, 1.165) is 0 Å². The fraction of sp³-hybridized carbons (Fsp3) is 0. The normalized spacial score (nSPS) is 9.94. The van der Waals surface area contributed by atoms with E-state index in [1.807, 2.05) is 0 Å². The number of rotatable bonds is 2. The highest BCUT2D eigenvalue weighted by molar-refractivity contribution is 6.29. The van der Waals surface area contributed by atoms with Crippen molar-refractivity contribution in [3.05, 3.63) is 45.7 Å². The van der Waals surface area contributed by atoms with Crippen molar-refractivity contribution in [2.24, 2.45) is 0 Å². The Hall–Kier alpha value is -2.28. The smallest absolute Gasteiger partial charge is 0.277 e. The van der Waals surface area contributed by atoms with Gasteiger partial charge < -0.3 is 5.32 Å². The maximum Gasteiger partial charge on any atom is 0.277 e. The molecule has 2 heterocycles. The van der Waals surface area contributed by atoms with Gasteiger partial charge in [0, 0.05) is 6.07 Å². The van der Waals surface area contributed by atoms with Crippen molar-refractivity contribution in [1.82, 2.24) is 20.2 Å². The van der Waals surface area contributed by atoms with Crippen LogP contribution in [0.2, 0.25) is 5.15 Å². The Morgan fingerprint density at radius 2 is 2.12 bits per heavy atom. The van der Waals surface area contributed by atoms with Gasteiger partial charge in [0.15, 0.2) is 5.82 Å². The van der Waals surface area contributed by atoms with Gasteiger partial charge in [-0.15, -0.1) is 0 Å². The standard InChI is InChI=1S/C9H6ClN5O2/c10-6-3-12-7(4-11-6)13-9(17)5-1-2-8(16)15-14-5/h1-4H,(H,15,16)(H,12,13,17). The van der Waals surface area contributed by atoms with Gasteiger partial charge in [-0.05, 0) is 6.07 Å². The highest BCUT2D eigenvalue weighted by Crippen LogP contribution is 2.06. The van der Waals surface area contributed by atoms with E-state index in [1.165, 1.54) is 24.5 Å². The Morgan fingerprint density at radius 1 is 1.29 bits per heavy atom. The summed E-state index contributed by atoms with van der Waals surface area (Å²) in [5.41, 5.74) is -0.311. The average molecular weight is 252 g/mol. The molecule has 8 heteroatoms. The second kappa shape index (κ2) is 4.71. The highest BCUT2D eigenvalue weighted by Gasteiger charge is 2.08. The third-order valence-electron chi connectivity index (χ3n) is 1.77. The summed E-state index contributed by atoms with van der Waals surface area (Å²) in [5.74, 6) is -0.259. The number of nitrogens with zero attached hydrogens (tertiary/aromatic N) is 3. The summed E-state index contributed by atoms with van der Waals surface area (Å²) in [7, 11) is 0. The fourth-order valence-electron chi connectivity index (χ4n) is 1.03. The summed E-state index contributed by atoms with van der Waals surface area (Å²) in [6, 6.07) is 2.51.